The lowest BCUT2D eigenvalue weighted by atomic mass is 9.95. The number of hydrogen-bond donors (Lipinski definition) is 0. The van der Waals surface area contributed by atoms with Crippen LogP contribution in [0.5, 0.6) is 0 Å². The lowest BCUT2D eigenvalue weighted by Crippen LogP contribution is -1.90. The van der Waals surface area contributed by atoms with Crippen molar-refractivity contribution < 1.29 is 0 Å². The zero-order chi connectivity index (χ0) is 18.5. The van der Waals surface area contributed by atoms with Crippen LogP contribution in [0.4, 0.5) is 0 Å². The molecule has 0 saturated heterocycles. The second-order valence-corrected chi connectivity index (χ2v) is 6.64. The Kier molecular flexibility index (Phi) is 5.56. The van der Waals surface area contributed by atoms with Gasteiger partial charge in [-0.3, -0.25) is 0 Å². The first-order valence-corrected chi connectivity index (χ1v) is 9.07. The standard InChI is InChI=1S/C24H20ClN/c1-3-18-15-24(25)21(14-17(18)2)13-12-20-10-7-11-22(23(20)16-26)19-8-5-4-6-9-19/h4-15H,3H2,1-2H3/b13-12+. The van der Waals surface area contributed by atoms with E-state index in [2.05, 4.69) is 26.0 Å². The maximum absolute atomic E-state index is 9.71. The molecule has 0 spiro atoms. The lowest BCUT2D eigenvalue weighted by Gasteiger charge is -2.08. The summed E-state index contributed by atoms with van der Waals surface area (Å²) in [6, 6.07) is 22.4. The first-order valence-electron chi connectivity index (χ1n) is 8.69. The minimum Gasteiger partial charge on any atom is -0.192 e. The van der Waals surface area contributed by atoms with E-state index in [9.17, 15) is 5.26 Å². The molecule has 3 rings (SSSR count). The van der Waals surface area contributed by atoms with Crippen molar-refractivity contribution in [2.24, 2.45) is 0 Å². The Morgan fingerprint density at radius 2 is 1.69 bits per heavy atom. The fourth-order valence-electron chi connectivity index (χ4n) is 3.13. The van der Waals surface area contributed by atoms with E-state index in [1.807, 2.05) is 66.7 Å². The van der Waals surface area contributed by atoms with Crippen LogP contribution in [-0.4, -0.2) is 0 Å². The zero-order valence-corrected chi connectivity index (χ0v) is 15.7. The molecule has 3 aromatic carbocycles. The van der Waals surface area contributed by atoms with Gasteiger partial charge in [-0.2, -0.15) is 5.26 Å². The van der Waals surface area contributed by atoms with Crippen molar-refractivity contribution >= 4 is 23.8 Å². The summed E-state index contributed by atoms with van der Waals surface area (Å²) in [6.45, 7) is 4.23. The Balaban J connectivity index is 2.03. The van der Waals surface area contributed by atoms with E-state index in [1.54, 1.807) is 0 Å². The minimum atomic E-state index is 0.674. The summed E-state index contributed by atoms with van der Waals surface area (Å²) in [5.74, 6) is 0. The molecule has 0 heterocycles. The molecule has 2 heteroatoms. The molecular formula is C24H20ClN. The molecule has 0 aliphatic heterocycles. The third-order valence-electron chi connectivity index (χ3n) is 4.57. The largest absolute Gasteiger partial charge is 0.192 e. The highest BCUT2D eigenvalue weighted by Crippen LogP contribution is 2.28. The fraction of sp³-hybridized carbons (Fsp3) is 0.125. The van der Waals surface area contributed by atoms with Gasteiger partial charge < -0.3 is 0 Å². The van der Waals surface area contributed by atoms with Crippen LogP contribution in [0, 0.1) is 18.3 Å². The van der Waals surface area contributed by atoms with Crippen LogP contribution in [0.25, 0.3) is 23.3 Å². The van der Waals surface area contributed by atoms with Gasteiger partial charge in [0, 0.05) is 10.6 Å². The van der Waals surface area contributed by atoms with Crippen molar-refractivity contribution in [3.8, 4) is 17.2 Å². The SMILES string of the molecule is CCc1cc(Cl)c(/C=C/c2cccc(-c3ccccc3)c2C#N)cc1C. The second-order valence-electron chi connectivity index (χ2n) is 6.23. The van der Waals surface area contributed by atoms with E-state index >= 15 is 0 Å². The number of hydrogen-bond acceptors (Lipinski definition) is 1. The van der Waals surface area contributed by atoms with E-state index < -0.39 is 0 Å². The molecule has 0 atom stereocenters. The maximum Gasteiger partial charge on any atom is 0.100 e. The van der Waals surface area contributed by atoms with E-state index in [0.29, 0.717) is 5.56 Å². The fourth-order valence-corrected chi connectivity index (χ4v) is 3.37. The first-order chi connectivity index (χ1) is 12.6. The van der Waals surface area contributed by atoms with Gasteiger partial charge in [0.2, 0.25) is 0 Å². The van der Waals surface area contributed by atoms with Crippen LogP contribution in [0.1, 0.15) is 34.7 Å². The van der Waals surface area contributed by atoms with Crippen LogP contribution in [0.15, 0.2) is 60.7 Å². The van der Waals surface area contributed by atoms with E-state index in [0.717, 1.165) is 33.7 Å². The molecule has 0 amide bonds. The van der Waals surface area contributed by atoms with E-state index in [-0.39, 0.29) is 0 Å². The van der Waals surface area contributed by atoms with Gasteiger partial charge in [-0.1, -0.05) is 85.3 Å². The Morgan fingerprint density at radius 1 is 0.962 bits per heavy atom. The highest BCUT2D eigenvalue weighted by atomic mass is 35.5. The van der Waals surface area contributed by atoms with Crippen LogP contribution in [0.3, 0.4) is 0 Å². The van der Waals surface area contributed by atoms with Crippen LogP contribution >= 0.6 is 11.6 Å². The highest BCUT2D eigenvalue weighted by molar-refractivity contribution is 6.32. The summed E-state index contributed by atoms with van der Waals surface area (Å²) in [4.78, 5) is 0. The average molecular weight is 358 g/mol. The molecule has 0 N–H and O–H groups in total. The van der Waals surface area contributed by atoms with Crippen molar-refractivity contribution in [1.29, 1.82) is 5.26 Å². The van der Waals surface area contributed by atoms with E-state index in [1.165, 1.54) is 11.1 Å². The third kappa shape index (κ3) is 3.72. The summed E-state index contributed by atoms with van der Waals surface area (Å²) < 4.78 is 0. The molecule has 0 radical (unpaired) electrons. The molecule has 0 bridgehead atoms. The summed E-state index contributed by atoms with van der Waals surface area (Å²) >= 11 is 6.43. The number of benzene rings is 3. The molecule has 1 nitrogen and oxygen atoms in total. The normalized spacial score (nSPS) is 10.8. The van der Waals surface area contributed by atoms with Gasteiger partial charge in [-0.25, -0.2) is 0 Å². The number of rotatable bonds is 4. The molecule has 0 saturated carbocycles. The van der Waals surface area contributed by atoms with Crippen molar-refractivity contribution in [3.63, 3.8) is 0 Å². The Hall–Kier alpha value is -2.82. The van der Waals surface area contributed by atoms with Crippen LogP contribution < -0.4 is 0 Å². The first kappa shape index (κ1) is 18.0. The number of halogens is 1. The van der Waals surface area contributed by atoms with Gasteiger partial charge in [0.25, 0.3) is 0 Å². The van der Waals surface area contributed by atoms with Crippen molar-refractivity contribution in [1.82, 2.24) is 0 Å². The molecular weight excluding hydrogens is 338 g/mol. The second kappa shape index (κ2) is 8.04. The molecule has 0 fully saturated rings. The number of aryl methyl sites for hydroxylation is 2. The topological polar surface area (TPSA) is 23.8 Å². The molecule has 26 heavy (non-hydrogen) atoms. The van der Waals surface area contributed by atoms with Gasteiger partial charge in [0.1, 0.15) is 6.07 Å². The minimum absolute atomic E-state index is 0.674. The van der Waals surface area contributed by atoms with Crippen molar-refractivity contribution in [3.05, 3.63) is 93.5 Å². The molecule has 0 aliphatic rings. The molecule has 0 unspecified atom stereocenters. The van der Waals surface area contributed by atoms with E-state index in [4.69, 9.17) is 11.6 Å². The average Bonchev–Trinajstić information content (AvgIpc) is 2.68. The summed E-state index contributed by atoms with van der Waals surface area (Å²) in [6.07, 6.45) is 4.92. The quantitative estimate of drug-likeness (QED) is 0.465. The summed E-state index contributed by atoms with van der Waals surface area (Å²) in [7, 11) is 0. The molecule has 3 aromatic rings. The summed E-state index contributed by atoms with van der Waals surface area (Å²) in [5, 5.41) is 10.5. The van der Waals surface area contributed by atoms with Gasteiger partial charge in [0.15, 0.2) is 0 Å². The van der Waals surface area contributed by atoms with Gasteiger partial charge >= 0.3 is 0 Å². The number of nitriles is 1. The van der Waals surface area contributed by atoms with Crippen molar-refractivity contribution in [2.75, 3.05) is 0 Å². The predicted octanol–water partition coefficient (Wildman–Crippen LogP) is 6.92. The third-order valence-corrected chi connectivity index (χ3v) is 4.90. The Labute approximate surface area is 160 Å². The molecule has 0 aromatic heterocycles. The monoisotopic (exact) mass is 357 g/mol. The molecule has 0 aliphatic carbocycles. The van der Waals surface area contributed by atoms with Crippen LogP contribution in [0.2, 0.25) is 5.02 Å². The Bertz CT molecular complexity index is 995. The molecule has 128 valence electrons. The maximum atomic E-state index is 9.71. The number of nitrogens with zero attached hydrogens (tertiary/aromatic N) is 1. The van der Waals surface area contributed by atoms with Gasteiger partial charge in [-0.05, 0) is 47.2 Å². The highest BCUT2D eigenvalue weighted by Gasteiger charge is 2.08. The van der Waals surface area contributed by atoms with Gasteiger partial charge in [0.05, 0.1) is 5.56 Å². The lowest BCUT2D eigenvalue weighted by molar-refractivity contribution is 1.11. The summed E-state index contributed by atoms with van der Waals surface area (Å²) in [5.41, 5.74) is 7.01. The smallest absolute Gasteiger partial charge is 0.100 e. The van der Waals surface area contributed by atoms with Crippen molar-refractivity contribution in [2.45, 2.75) is 20.3 Å². The van der Waals surface area contributed by atoms with Crippen LogP contribution in [-0.2, 0) is 6.42 Å². The predicted molar refractivity (Wildman–Crippen MR) is 111 cm³/mol. The Morgan fingerprint density at radius 3 is 2.38 bits per heavy atom. The zero-order valence-electron chi connectivity index (χ0n) is 15.0. The van der Waals surface area contributed by atoms with Gasteiger partial charge in [-0.15, -0.1) is 0 Å².